The van der Waals surface area contributed by atoms with Crippen LogP contribution in [0.15, 0.2) is 42.5 Å². The third-order valence-electron chi connectivity index (χ3n) is 3.56. The van der Waals surface area contributed by atoms with E-state index in [0.717, 1.165) is 28.2 Å². The van der Waals surface area contributed by atoms with Crippen molar-refractivity contribution in [2.45, 2.75) is 20.4 Å². The number of rotatable bonds is 6. The number of nitrogens with one attached hydrogen (secondary N) is 1. The van der Waals surface area contributed by atoms with E-state index in [2.05, 4.69) is 5.32 Å². The molecule has 22 heavy (non-hydrogen) atoms. The molecule has 0 atom stereocenters. The molecule has 4 heteroatoms. The second-order valence-corrected chi connectivity index (χ2v) is 5.11. The zero-order valence-electron chi connectivity index (χ0n) is 13.2. The molecule has 2 rings (SSSR count). The molecule has 4 nitrogen and oxygen atoms in total. The largest absolute Gasteiger partial charge is 0.497 e. The number of ether oxygens (including phenoxy) is 2. The summed E-state index contributed by atoms with van der Waals surface area (Å²) in [6.07, 6.45) is 0. The maximum absolute atomic E-state index is 11.8. The fourth-order valence-electron chi connectivity index (χ4n) is 2.02. The molecule has 0 fully saturated rings. The highest BCUT2D eigenvalue weighted by Crippen LogP contribution is 2.20. The van der Waals surface area contributed by atoms with E-state index in [0.29, 0.717) is 6.54 Å². The standard InChI is InChI=1S/C18H21NO3/c1-13-5-4-6-17(14(13)2)22-12-18(20)19-11-15-7-9-16(21-3)10-8-15/h4-10H,11-12H2,1-3H3,(H,19,20). The van der Waals surface area contributed by atoms with Gasteiger partial charge < -0.3 is 14.8 Å². The Balaban J connectivity index is 1.81. The van der Waals surface area contributed by atoms with Gasteiger partial charge >= 0.3 is 0 Å². The van der Waals surface area contributed by atoms with Gasteiger partial charge in [0.05, 0.1) is 7.11 Å². The van der Waals surface area contributed by atoms with Gasteiger partial charge in [-0.15, -0.1) is 0 Å². The highest BCUT2D eigenvalue weighted by molar-refractivity contribution is 5.77. The van der Waals surface area contributed by atoms with Crippen molar-refractivity contribution in [1.29, 1.82) is 0 Å². The van der Waals surface area contributed by atoms with E-state index >= 15 is 0 Å². The molecule has 1 N–H and O–H groups in total. The highest BCUT2D eigenvalue weighted by atomic mass is 16.5. The Morgan fingerprint density at radius 3 is 2.50 bits per heavy atom. The zero-order chi connectivity index (χ0) is 15.9. The summed E-state index contributed by atoms with van der Waals surface area (Å²) in [4.78, 5) is 11.8. The molecule has 0 radical (unpaired) electrons. The fourth-order valence-corrected chi connectivity index (χ4v) is 2.02. The third kappa shape index (κ3) is 4.25. The van der Waals surface area contributed by atoms with Crippen LogP contribution in [0.1, 0.15) is 16.7 Å². The van der Waals surface area contributed by atoms with Crippen molar-refractivity contribution in [3.63, 3.8) is 0 Å². The van der Waals surface area contributed by atoms with Gasteiger partial charge in [-0.1, -0.05) is 24.3 Å². The van der Waals surface area contributed by atoms with E-state index < -0.39 is 0 Å². The number of amides is 1. The molecule has 0 spiro atoms. The Bertz CT molecular complexity index is 635. The van der Waals surface area contributed by atoms with Gasteiger partial charge in [-0.25, -0.2) is 0 Å². The van der Waals surface area contributed by atoms with E-state index in [1.807, 2.05) is 56.3 Å². The van der Waals surface area contributed by atoms with E-state index in [1.165, 1.54) is 0 Å². The van der Waals surface area contributed by atoms with Gasteiger partial charge in [0.25, 0.3) is 5.91 Å². The molecule has 0 saturated heterocycles. The first-order chi connectivity index (χ1) is 10.6. The summed E-state index contributed by atoms with van der Waals surface area (Å²) in [5, 5.41) is 2.84. The summed E-state index contributed by atoms with van der Waals surface area (Å²) in [5.41, 5.74) is 3.22. The molecule has 2 aromatic rings. The monoisotopic (exact) mass is 299 g/mol. The van der Waals surface area contributed by atoms with Crippen LogP contribution in [0.5, 0.6) is 11.5 Å². The topological polar surface area (TPSA) is 47.6 Å². The van der Waals surface area contributed by atoms with Crippen molar-refractivity contribution in [3.05, 3.63) is 59.2 Å². The van der Waals surface area contributed by atoms with Gasteiger partial charge in [-0.05, 0) is 48.7 Å². The van der Waals surface area contributed by atoms with Gasteiger partial charge in [0.15, 0.2) is 6.61 Å². The Morgan fingerprint density at radius 1 is 1.09 bits per heavy atom. The smallest absolute Gasteiger partial charge is 0.258 e. The lowest BCUT2D eigenvalue weighted by atomic mass is 10.1. The molecule has 0 bridgehead atoms. The molecular formula is C18H21NO3. The Morgan fingerprint density at radius 2 is 1.82 bits per heavy atom. The van der Waals surface area contributed by atoms with E-state index in [1.54, 1.807) is 7.11 Å². The maximum atomic E-state index is 11.8. The predicted molar refractivity (Wildman–Crippen MR) is 86.3 cm³/mol. The zero-order valence-corrected chi connectivity index (χ0v) is 13.2. The van der Waals surface area contributed by atoms with Crippen LogP contribution in [-0.4, -0.2) is 19.6 Å². The lowest BCUT2D eigenvalue weighted by Crippen LogP contribution is -2.28. The molecule has 2 aromatic carbocycles. The molecule has 116 valence electrons. The minimum Gasteiger partial charge on any atom is -0.497 e. The average molecular weight is 299 g/mol. The summed E-state index contributed by atoms with van der Waals surface area (Å²) in [6, 6.07) is 13.4. The van der Waals surface area contributed by atoms with Gasteiger partial charge in [0.2, 0.25) is 0 Å². The third-order valence-corrected chi connectivity index (χ3v) is 3.56. The first-order valence-electron chi connectivity index (χ1n) is 7.19. The van der Waals surface area contributed by atoms with Crippen molar-refractivity contribution in [3.8, 4) is 11.5 Å². The minimum absolute atomic E-state index is 0.0143. The van der Waals surface area contributed by atoms with Crippen LogP contribution in [0.2, 0.25) is 0 Å². The molecule has 0 aromatic heterocycles. The van der Waals surface area contributed by atoms with Crippen LogP contribution in [0.25, 0.3) is 0 Å². The van der Waals surface area contributed by atoms with Crippen molar-refractivity contribution in [2.24, 2.45) is 0 Å². The number of hydrogen-bond acceptors (Lipinski definition) is 3. The number of methoxy groups -OCH3 is 1. The van der Waals surface area contributed by atoms with Gasteiger partial charge in [-0.3, -0.25) is 4.79 Å². The van der Waals surface area contributed by atoms with Gasteiger partial charge in [0, 0.05) is 6.54 Å². The van der Waals surface area contributed by atoms with Crippen molar-refractivity contribution < 1.29 is 14.3 Å². The predicted octanol–water partition coefficient (Wildman–Crippen LogP) is 3.01. The molecular weight excluding hydrogens is 278 g/mol. The van der Waals surface area contributed by atoms with E-state index in [9.17, 15) is 4.79 Å². The number of carbonyl (C=O) groups excluding carboxylic acids is 1. The number of aryl methyl sites for hydroxylation is 1. The molecule has 0 heterocycles. The molecule has 0 saturated carbocycles. The second-order valence-electron chi connectivity index (χ2n) is 5.11. The lowest BCUT2D eigenvalue weighted by molar-refractivity contribution is -0.123. The second kappa shape index (κ2) is 7.50. The highest BCUT2D eigenvalue weighted by Gasteiger charge is 2.06. The number of carbonyl (C=O) groups is 1. The Hall–Kier alpha value is -2.49. The van der Waals surface area contributed by atoms with E-state index in [4.69, 9.17) is 9.47 Å². The molecule has 0 unspecified atom stereocenters. The quantitative estimate of drug-likeness (QED) is 0.892. The first-order valence-corrected chi connectivity index (χ1v) is 7.19. The molecule has 0 aliphatic rings. The summed E-state index contributed by atoms with van der Waals surface area (Å²) in [6.45, 7) is 4.49. The van der Waals surface area contributed by atoms with Crippen LogP contribution in [0, 0.1) is 13.8 Å². The summed E-state index contributed by atoms with van der Waals surface area (Å²) in [7, 11) is 1.63. The van der Waals surface area contributed by atoms with Crippen molar-refractivity contribution in [2.75, 3.05) is 13.7 Å². The molecule has 0 aliphatic carbocycles. The van der Waals surface area contributed by atoms with Crippen LogP contribution in [-0.2, 0) is 11.3 Å². The number of benzene rings is 2. The number of hydrogen-bond donors (Lipinski definition) is 1. The van der Waals surface area contributed by atoms with Crippen LogP contribution >= 0.6 is 0 Å². The van der Waals surface area contributed by atoms with Crippen LogP contribution in [0.3, 0.4) is 0 Å². The fraction of sp³-hybridized carbons (Fsp3) is 0.278. The van der Waals surface area contributed by atoms with Crippen molar-refractivity contribution >= 4 is 5.91 Å². The molecule has 0 aliphatic heterocycles. The summed E-state index contributed by atoms with van der Waals surface area (Å²) in [5.74, 6) is 1.41. The molecule has 1 amide bonds. The SMILES string of the molecule is COc1ccc(CNC(=O)COc2cccc(C)c2C)cc1. The van der Waals surface area contributed by atoms with Gasteiger partial charge in [-0.2, -0.15) is 0 Å². The van der Waals surface area contributed by atoms with Crippen LogP contribution < -0.4 is 14.8 Å². The van der Waals surface area contributed by atoms with Gasteiger partial charge in [0.1, 0.15) is 11.5 Å². The first kappa shape index (κ1) is 15.9. The maximum Gasteiger partial charge on any atom is 0.258 e. The summed E-state index contributed by atoms with van der Waals surface area (Å²) < 4.78 is 10.7. The van der Waals surface area contributed by atoms with Crippen LogP contribution in [0.4, 0.5) is 0 Å². The lowest BCUT2D eigenvalue weighted by Gasteiger charge is -2.11. The minimum atomic E-state index is -0.142. The Kier molecular flexibility index (Phi) is 5.42. The normalized spacial score (nSPS) is 10.1. The summed E-state index contributed by atoms with van der Waals surface area (Å²) >= 11 is 0. The van der Waals surface area contributed by atoms with E-state index in [-0.39, 0.29) is 12.5 Å². The Labute approximate surface area is 131 Å². The van der Waals surface area contributed by atoms with Crippen molar-refractivity contribution in [1.82, 2.24) is 5.32 Å². The average Bonchev–Trinajstić information content (AvgIpc) is 2.54.